The van der Waals surface area contributed by atoms with Gasteiger partial charge in [0.1, 0.15) is 0 Å². The molecule has 0 aromatic heterocycles. The van der Waals surface area contributed by atoms with Gasteiger partial charge in [-0.1, -0.05) is 19.8 Å². The molecule has 0 saturated heterocycles. The molecule has 0 aromatic carbocycles. The van der Waals surface area contributed by atoms with Crippen molar-refractivity contribution in [3.05, 3.63) is 0 Å². The fourth-order valence-electron chi connectivity index (χ4n) is 1.38. The first-order chi connectivity index (χ1) is 5.79. The van der Waals surface area contributed by atoms with Crippen molar-refractivity contribution in [1.29, 1.82) is 0 Å². The summed E-state index contributed by atoms with van der Waals surface area (Å²) in [4.78, 5) is 2.32. The van der Waals surface area contributed by atoms with Gasteiger partial charge in [0, 0.05) is 12.6 Å². The summed E-state index contributed by atoms with van der Waals surface area (Å²) in [5.74, 6) is 2.69. The van der Waals surface area contributed by atoms with E-state index >= 15 is 0 Å². The molecule has 0 aliphatic heterocycles. The molecule has 0 fully saturated rings. The van der Waals surface area contributed by atoms with Crippen molar-refractivity contribution in [3.8, 4) is 12.3 Å². The van der Waals surface area contributed by atoms with Gasteiger partial charge in [0.25, 0.3) is 0 Å². The second-order valence-electron chi connectivity index (χ2n) is 2.89. The van der Waals surface area contributed by atoms with E-state index < -0.39 is 0 Å². The van der Waals surface area contributed by atoms with Gasteiger partial charge in [-0.05, 0) is 20.0 Å². The maximum Gasteiger partial charge on any atom is 0.0601 e. The van der Waals surface area contributed by atoms with Crippen LogP contribution in [0.3, 0.4) is 0 Å². The van der Waals surface area contributed by atoms with Crippen LogP contribution in [0.4, 0.5) is 0 Å². The van der Waals surface area contributed by atoms with Gasteiger partial charge in [0.05, 0.1) is 6.54 Å². The summed E-state index contributed by atoms with van der Waals surface area (Å²) in [7, 11) is 1.98. The van der Waals surface area contributed by atoms with E-state index in [0.29, 0.717) is 6.04 Å². The summed E-state index contributed by atoms with van der Waals surface area (Å²) in [6, 6.07) is 0.580. The van der Waals surface area contributed by atoms with Crippen LogP contribution in [-0.4, -0.2) is 37.6 Å². The molecular weight excluding hydrogens is 148 g/mol. The third kappa shape index (κ3) is 3.75. The second kappa shape index (κ2) is 7.15. The number of nitrogens with zero attached hydrogens (tertiary/aromatic N) is 1. The zero-order valence-corrected chi connectivity index (χ0v) is 8.43. The van der Waals surface area contributed by atoms with E-state index in [0.717, 1.165) is 26.1 Å². The van der Waals surface area contributed by atoms with Crippen LogP contribution in [0.25, 0.3) is 0 Å². The van der Waals surface area contributed by atoms with Gasteiger partial charge in [-0.2, -0.15) is 0 Å². The van der Waals surface area contributed by atoms with Crippen molar-refractivity contribution < 1.29 is 0 Å². The van der Waals surface area contributed by atoms with Gasteiger partial charge < -0.3 is 5.32 Å². The average Bonchev–Trinajstić information content (AvgIpc) is 2.11. The molecule has 0 bridgehead atoms. The van der Waals surface area contributed by atoms with Crippen LogP contribution >= 0.6 is 0 Å². The number of likely N-dealkylation sites (N-methyl/N-ethyl adjacent to an activating group) is 2. The maximum absolute atomic E-state index is 5.28. The molecule has 0 rings (SSSR count). The Hall–Kier alpha value is -0.520. The summed E-state index contributed by atoms with van der Waals surface area (Å²) in [6.45, 7) is 7.16. The Bertz CT molecular complexity index is 137. The van der Waals surface area contributed by atoms with Gasteiger partial charge in [0.2, 0.25) is 0 Å². The maximum atomic E-state index is 5.28. The van der Waals surface area contributed by atoms with Crippen LogP contribution in [0.1, 0.15) is 20.3 Å². The molecule has 1 atom stereocenters. The lowest BCUT2D eigenvalue weighted by Crippen LogP contribution is -2.41. The summed E-state index contributed by atoms with van der Waals surface area (Å²) in [6.07, 6.45) is 6.43. The smallest absolute Gasteiger partial charge is 0.0601 e. The molecule has 12 heavy (non-hydrogen) atoms. The zero-order valence-electron chi connectivity index (χ0n) is 8.43. The molecule has 0 saturated carbocycles. The molecule has 70 valence electrons. The molecule has 0 radical (unpaired) electrons. The van der Waals surface area contributed by atoms with E-state index in [-0.39, 0.29) is 0 Å². The first-order valence-electron chi connectivity index (χ1n) is 4.62. The van der Waals surface area contributed by atoms with E-state index in [2.05, 4.69) is 30.0 Å². The van der Waals surface area contributed by atoms with Crippen molar-refractivity contribution in [2.24, 2.45) is 0 Å². The van der Waals surface area contributed by atoms with Gasteiger partial charge in [0.15, 0.2) is 0 Å². The molecule has 0 amide bonds. The highest BCUT2D eigenvalue weighted by atomic mass is 15.2. The second-order valence-corrected chi connectivity index (χ2v) is 2.89. The number of hydrogen-bond donors (Lipinski definition) is 1. The van der Waals surface area contributed by atoms with Gasteiger partial charge >= 0.3 is 0 Å². The number of nitrogens with one attached hydrogen (secondary N) is 1. The lowest BCUT2D eigenvalue weighted by Gasteiger charge is -2.27. The minimum absolute atomic E-state index is 0.580. The SMILES string of the molecule is C#CCN(CC)C(CC)CNC. The Labute approximate surface area is 76.3 Å². The van der Waals surface area contributed by atoms with E-state index in [4.69, 9.17) is 6.42 Å². The lowest BCUT2D eigenvalue weighted by molar-refractivity contribution is 0.223. The molecule has 2 nitrogen and oxygen atoms in total. The highest BCUT2D eigenvalue weighted by Gasteiger charge is 2.12. The van der Waals surface area contributed by atoms with Crippen molar-refractivity contribution in [2.45, 2.75) is 26.3 Å². The summed E-state index contributed by atoms with van der Waals surface area (Å²) < 4.78 is 0. The fraction of sp³-hybridized carbons (Fsp3) is 0.800. The summed E-state index contributed by atoms with van der Waals surface area (Å²) in [5, 5.41) is 3.18. The van der Waals surface area contributed by atoms with Crippen LogP contribution in [-0.2, 0) is 0 Å². The van der Waals surface area contributed by atoms with Gasteiger partial charge in [-0.3, -0.25) is 4.90 Å². The molecule has 1 unspecified atom stereocenters. The van der Waals surface area contributed by atoms with E-state index in [1.807, 2.05) is 7.05 Å². The fourth-order valence-corrected chi connectivity index (χ4v) is 1.38. The molecule has 0 aromatic rings. The van der Waals surface area contributed by atoms with Crippen molar-refractivity contribution >= 4 is 0 Å². The standard InChI is InChI=1S/C10H20N2/c1-5-8-12(7-3)10(6-2)9-11-4/h1,10-11H,6-9H2,2-4H3. The van der Waals surface area contributed by atoms with Crippen LogP contribution in [0.2, 0.25) is 0 Å². The molecular formula is C10H20N2. The Morgan fingerprint density at radius 2 is 2.17 bits per heavy atom. The molecule has 0 aliphatic rings. The summed E-state index contributed by atoms with van der Waals surface area (Å²) in [5.41, 5.74) is 0. The van der Waals surface area contributed by atoms with Crippen molar-refractivity contribution in [3.63, 3.8) is 0 Å². The minimum Gasteiger partial charge on any atom is -0.318 e. The van der Waals surface area contributed by atoms with Crippen LogP contribution in [0.5, 0.6) is 0 Å². The van der Waals surface area contributed by atoms with E-state index in [9.17, 15) is 0 Å². The number of hydrogen-bond acceptors (Lipinski definition) is 2. The van der Waals surface area contributed by atoms with Gasteiger partial charge in [-0.25, -0.2) is 0 Å². The molecule has 1 N–H and O–H groups in total. The normalized spacial score (nSPS) is 12.9. The van der Waals surface area contributed by atoms with E-state index in [1.54, 1.807) is 0 Å². The van der Waals surface area contributed by atoms with Crippen molar-refractivity contribution in [2.75, 3.05) is 26.7 Å². The van der Waals surface area contributed by atoms with Crippen LogP contribution in [0, 0.1) is 12.3 Å². The Kier molecular flexibility index (Phi) is 6.84. The predicted octanol–water partition coefficient (Wildman–Crippen LogP) is 0.940. The van der Waals surface area contributed by atoms with Crippen LogP contribution < -0.4 is 5.32 Å². The minimum atomic E-state index is 0.580. The molecule has 0 aliphatic carbocycles. The quantitative estimate of drug-likeness (QED) is 0.594. The lowest BCUT2D eigenvalue weighted by atomic mass is 10.2. The zero-order chi connectivity index (χ0) is 9.40. The topological polar surface area (TPSA) is 15.3 Å². The third-order valence-electron chi connectivity index (χ3n) is 2.13. The average molecular weight is 168 g/mol. The number of terminal acetylenes is 1. The molecule has 2 heteroatoms. The largest absolute Gasteiger partial charge is 0.318 e. The van der Waals surface area contributed by atoms with E-state index in [1.165, 1.54) is 0 Å². The highest BCUT2D eigenvalue weighted by Crippen LogP contribution is 2.01. The first-order valence-corrected chi connectivity index (χ1v) is 4.62. The number of rotatable bonds is 6. The predicted molar refractivity (Wildman–Crippen MR) is 54.1 cm³/mol. The highest BCUT2D eigenvalue weighted by molar-refractivity contribution is 4.90. The van der Waals surface area contributed by atoms with Gasteiger partial charge in [-0.15, -0.1) is 6.42 Å². The first kappa shape index (κ1) is 11.5. The van der Waals surface area contributed by atoms with Crippen LogP contribution in [0.15, 0.2) is 0 Å². The Morgan fingerprint density at radius 3 is 2.50 bits per heavy atom. The third-order valence-corrected chi connectivity index (χ3v) is 2.13. The Morgan fingerprint density at radius 1 is 1.50 bits per heavy atom. The van der Waals surface area contributed by atoms with Crippen molar-refractivity contribution in [1.82, 2.24) is 10.2 Å². The summed E-state index contributed by atoms with van der Waals surface area (Å²) >= 11 is 0. The molecule has 0 heterocycles. The monoisotopic (exact) mass is 168 g/mol. The molecule has 0 spiro atoms. The Balaban J connectivity index is 3.95.